The van der Waals surface area contributed by atoms with Crippen LogP contribution in [0.5, 0.6) is 5.75 Å². The summed E-state index contributed by atoms with van der Waals surface area (Å²) in [5.41, 5.74) is 2.47. The van der Waals surface area contributed by atoms with Gasteiger partial charge in [0.15, 0.2) is 6.10 Å². The molecule has 0 radical (unpaired) electrons. The summed E-state index contributed by atoms with van der Waals surface area (Å²) in [4.78, 5) is 14.3. The summed E-state index contributed by atoms with van der Waals surface area (Å²) in [6.45, 7) is 9.60. The Hall–Kier alpha value is -2.49. The lowest BCUT2D eigenvalue weighted by Crippen LogP contribution is -2.40. The maximum Gasteiger partial charge on any atom is 0.260 e. The second-order valence-electron chi connectivity index (χ2n) is 7.58. The summed E-state index contributed by atoms with van der Waals surface area (Å²) in [5.74, 6) is 0.605. The van der Waals surface area contributed by atoms with Crippen LogP contribution in [-0.2, 0) is 10.2 Å². The number of nitrogens with zero attached hydrogens (tertiary/aromatic N) is 1. The molecule has 2 rings (SSSR count). The number of anilines is 1. The van der Waals surface area contributed by atoms with Gasteiger partial charge in [-0.25, -0.2) is 0 Å². The van der Waals surface area contributed by atoms with Crippen molar-refractivity contribution in [2.75, 3.05) is 25.0 Å². The maximum absolute atomic E-state index is 12.2. The molecule has 0 aromatic heterocycles. The van der Waals surface area contributed by atoms with Gasteiger partial charge in [-0.05, 0) is 42.2 Å². The summed E-state index contributed by atoms with van der Waals surface area (Å²) in [5, 5.41) is 2.93. The first-order valence-corrected chi connectivity index (χ1v) is 9.08. The molecular formula is C22H30N2O2. The van der Waals surface area contributed by atoms with Crippen molar-refractivity contribution in [3.8, 4) is 5.75 Å². The van der Waals surface area contributed by atoms with Gasteiger partial charge in [0.05, 0.1) is 0 Å². The fourth-order valence-electron chi connectivity index (χ4n) is 2.59. The van der Waals surface area contributed by atoms with E-state index in [1.54, 1.807) is 6.92 Å². The molecular weight excluding hydrogens is 324 g/mol. The fourth-order valence-corrected chi connectivity index (χ4v) is 2.59. The number of nitrogens with one attached hydrogen (secondary N) is 1. The lowest BCUT2D eigenvalue weighted by molar-refractivity contribution is -0.127. The molecule has 1 amide bonds. The van der Waals surface area contributed by atoms with Gasteiger partial charge < -0.3 is 15.0 Å². The second kappa shape index (κ2) is 8.75. The number of para-hydroxylation sites is 1. The third-order valence-corrected chi connectivity index (χ3v) is 4.35. The minimum absolute atomic E-state index is 0.103. The van der Waals surface area contributed by atoms with Crippen LogP contribution in [0.2, 0.25) is 0 Å². The molecule has 0 spiro atoms. The molecule has 2 aromatic carbocycles. The number of carbonyl (C=O) groups excluding carboxylic acids is 1. The summed E-state index contributed by atoms with van der Waals surface area (Å²) >= 11 is 0. The lowest BCUT2D eigenvalue weighted by atomic mass is 9.87. The highest BCUT2D eigenvalue weighted by Gasteiger charge is 2.16. The van der Waals surface area contributed by atoms with Crippen molar-refractivity contribution < 1.29 is 9.53 Å². The van der Waals surface area contributed by atoms with E-state index in [0.717, 1.165) is 12.2 Å². The number of carbonyl (C=O) groups is 1. The zero-order valence-electron chi connectivity index (χ0n) is 16.5. The Bertz CT molecular complexity index is 690. The van der Waals surface area contributed by atoms with Crippen LogP contribution in [0.3, 0.4) is 0 Å². The Kier molecular flexibility index (Phi) is 6.67. The number of amides is 1. The third-order valence-electron chi connectivity index (χ3n) is 4.35. The van der Waals surface area contributed by atoms with E-state index in [0.29, 0.717) is 12.3 Å². The first-order chi connectivity index (χ1) is 12.3. The molecule has 26 heavy (non-hydrogen) atoms. The van der Waals surface area contributed by atoms with Crippen molar-refractivity contribution in [2.24, 2.45) is 0 Å². The average Bonchev–Trinajstić information content (AvgIpc) is 2.62. The van der Waals surface area contributed by atoms with Crippen LogP contribution >= 0.6 is 0 Å². The summed E-state index contributed by atoms with van der Waals surface area (Å²) in [7, 11) is 2.01. The van der Waals surface area contributed by atoms with Gasteiger partial charge in [0.25, 0.3) is 5.91 Å². The predicted molar refractivity (Wildman–Crippen MR) is 108 cm³/mol. The Morgan fingerprint density at radius 2 is 1.69 bits per heavy atom. The highest BCUT2D eigenvalue weighted by atomic mass is 16.5. The highest BCUT2D eigenvalue weighted by Crippen LogP contribution is 2.24. The van der Waals surface area contributed by atoms with Gasteiger partial charge >= 0.3 is 0 Å². The van der Waals surface area contributed by atoms with Gasteiger partial charge in [0.1, 0.15) is 5.75 Å². The molecule has 0 aliphatic carbocycles. The topological polar surface area (TPSA) is 41.6 Å². The molecule has 0 aliphatic heterocycles. The minimum atomic E-state index is -0.530. The van der Waals surface area contributed by atoms with Crippen LogP contribution < -0.4 is 15.0 Å². The number of hydrogen-bond acceptors (Lipinski definition) is 3. The van der Waals surface area contributed by atoms with E-state index >= 15 is 0 Å². The van der Waals surface area contributed by atoms with Crippen molar-refractivity contribution in [1.82, 2.24) is 5.32 Å². The third kappa shape index (κ3) is 5.80. The Morgan fingerprint density at radius 3 is 2.27 bits per heavy atom. The molecule has 1 atom stereocenters. The van der Waals surface area contributed by atoms with Crippen molar-refractivity contribution in [3.63, 3.8) is 0 Å². The molecule has 0 heterocycles. The molecule has 0 aliphatic rings. The van der Waals surface area contributed by atoms with E-state index in [1.807, 2.05) is 37.4 Å². The number of rotatable bonds is 7. The molecule has 0 saturated carbocycles. The van der Waals surface area contributed by atoms with E-state index in [9.17, 15) is 4.79 Å². The zero-order valence-corrected chi connectivity index (χ0v) is 16.5. The smallest absolute Gasteiger partial charge is 0.260 e. The van der Waals surface area contributed by atoms with Crippen LogP contribution in [0.1, 0.15) is 33.3 Å². The van der Waals surface area contributed by atoms with Gasteiger partial charge in [-0.15, -0.1) is 0 Å². The van der Waals surface area contributed by atoms with Gasteiger partial charge in [0, 0.05) is 25.8 Å². The van der Waals surface area contributed by atoms with Gasteiger partial charge in [-0.1, -0.05) is 51.1 Å². The monoisotopic (exact) mass is 354 g/mol. The Balaban J connectivity index is 1.78. The van der Waals surface area contributed by atoms with Crippen molar-refractivity contribution >= 4 is 11.6 Å². The van der Waals surface area contributed by atoms with Gasteiger partial charge in [-0.2, -0.15) is 0 Å². The molecule has 4 nitrogen and oxygen atoms in total. The molecule has 0 fully saturated rings. The molecule has 1 N–H and O–H groups in total. The summed E-state index contributed by atoms with van der Waals surface area (Å²) < 4.78 is 5.76. The minimum Gasteiger partial charge on any atom is -0.481 e. The molecule has 140 valence electrons. The van der Waals surface area contributed by atoms with E-state index in [1.165, 1.54) is 5.56 Å². The van der Waals surface area contributed by atoms with E-state index in [4.69, 9.17) is 4.74 Å². The SMILES string of the molecule is C[C@H](Oc1ccc(C(C)(C)C)cc1)C(=O)NCCN(C)c1ccccc1. The van der Waals surface area contributed by atoms with Crippen LogP contribution in [0.15, 0.2) is 54.6 Å². The van der Waals surface area contributed by atoms with Crippen molar-refractivity contribution in [1.29, 1.82) is 0 Å². The quantitative estimate of drug-likeness (QED) is 0.817. The molecule has 0 bridgehead atoms. The van der Waals surface area contributed by atoms with Crippen LogP contribution in [0.25, 0.3) is 0 Å². The van der Waals surface area contributed by atoms with Crippen molar-refractivity contribution in [3.05, 3.63) is 60.2 Å². The summed E-state index contributed by atoms with van der Waals surface area (Å²) in [6.07, 6.45) is -0.530. The van der Waals surface area contributed by atoms with E-state index in [-0.39, 0.29) is 11.3 Å². The molecule has 2 aromatic rings. The van der Waals surface area contributed by atoms with E-state index < -0.39 is 6.10 Å². The molecule has 0 saturated heterocycles. The Morgan fingerprint density at radius 1 is 1.08 bits per heavy atom. The predicted octanol–water partition coefficient (Wildman–Crippen LogP) is 4.00. The standard InChI is InChI=1S/C22H30N2O2/c1-17(26-20-13-11-18(12-14-20)22(2,3)4)21(25)23-15-16-24(5)19-9-7-6-8-10-19/h6-14,17H,15-16H2,1-5H3,(H,23,25)/t17-/m0/s1. The Labute approximate surface area is 157 Å². The number of likely N-dealkylation sites (N-methyl/N-ethyl adjacent to an activating group) is 1. The fraction of sp³-hybridized carbons (Fsp3) is 0.409. The normalized spacial score (nSPS) is 12.3. The average molecular weight is 354 g/mol. The molecule has 0 unspecified atom stereocenters. The molecule has 4 heteroatoms. The first-order valence-electron chi connectivity index (χ1n) is 9.08. The second-order valence-corrected chi connectivity index (χ2v) is 7.58. The van der Waals surface area contributed by atoms with Gasteiger partial charge in [0.2, 0.25) is 0 Å². The maximum atomic E-state index is 12.2. The van der Waals surface area contributed by atoms with Crippen LogP contribution in [-0.4, -0.2) is 32.1 Å². The lowest BCUT2D eigenvalue weighted by Gasteiger charge is -2.21. The number of benzene rings is 2. The summed E-state index contributed by atoms with van der Waals surface area (Å²) in [6, 6.07) is 18.1. The van der Waals surface area contributed by atoms with Crippen LogP contribution in [0.4, 0.5) is 5.69 Å². The van der Waals surface area contributed by atoms with Crippen molar-refractivity contribution in [2.45, 2.75) is 39.2 Å². The van der Waals surface area contributed by atoms with E-state index in [2.05, 4.69) is 55.3 Å². The zero-order chi connectivity index (χ0) is 19.2. The number of hydrogen-bond donors (Lipinski definition) is 1. The van der Waals surface area contributed by atoms with Crippen LogP contribution in [0, 0.1) is 0 Å². The highest BCUT2D eigenvalue weighted by molar-refractivity contribution is 5.80. The largest absolute Gasteiger partial charge is 0.481 e. The van der Waals surface area contributed by atoms with Gasteiger partial charge in [-0.3, -0.25) is 4.79 Å². The first kappa shape index (κ1) is 19.8. The number of ether oxygens (including phenoxy) is 1.